The van der Waals surface area contributed by atoms with E-state index in [9.17, 15) is 0 Å². The number of thioether (sulfide) groups is 1. The smallest absolute Gasteiger partial charge is 0.209 e. The molecule has 0 spiro atoms. The van der Waals surface area contributed by atoms with E-state index in [1.807, 2.05) is 4.68 Å². The summed E-state index contributed by atoms with van der Waals surface area (Å²) in [6.45, 7) is 4.86. The molecule has 0 unspecified atom stereocenters. The zero-order valence-electron chi connectivity index (χ0n) is 10.8. The number of tetrazole rings is 1. The van der Waals surface area contributed by atoms with Crippen molar-refractivity contribution in [3.05, 3.63) is 0 Å². The second kappa shape index (κ2) is 9.85. The first kappa shape index (κ1) is 14.9. The van der Waals surface area contributed by atoms with E-state index in [2.05, 4.69) is 33.8 Å². The lowest BCUT2D eigenvalue weighted by Gasteiger charge is -2.04. The molecule has 0 saturated carbocycles. The highest BCUT2D eigenvalue weighted by molar-refractivity contribution is 7.99. The quantitative estimate of drug-likeness (QED) is 0.511. The topological polar surface area (TPSA) is 79.4 Å². The van der Waals surface area contributed by atoms with Gasteiger partial charge in [-0.15, -0.1) is 5.10 Å². The van der Waals surface area contributed by atoms with Gasteiger partial charge in [-0.05, 0) is 36.2 Å². The van der Waals surface area contributed by atoms with E-state index in [0.717, 1.165) is 49.8 Å². The van der Waals surface area contributed by atoms with Crippen LogP contribution in [0.2, 0.25) is 0 Å². The van der Waals surface area contributed by atoms with Gasteiger partial charge in [-0.3, -0.25) is 0 Å². The minimum Gasteiger partial charge on any atom is -0.315 e. The molecule has 18 heavy (non-hydrogen) atoms. The molecule has 0 aliphatic heterocycles. The lowest BCUT2D eigenvalue weighted by Crippen LogP contribution is -2.21. The molecule has 100 valence electrons. The second-order valence-electron chi connectivity index (χ2n) is 3.90. The van der Waals surface area contributed by atoms with Gasteiger partial charge < -0.3 is 5.32 Å². The molecule has 1 heterocycles. The molecule has 0 aliphatic carbocycles. The number of rotatable bonds is 10. The Labute approximate surface area is 112 Å². The van der Waals surface area contributed by atoms with Crippen LogP contribution >= 0.6 is 11.8 Å². The van der Waals surface area contributed by atoms with Crippen LogP contribution in [-0.4, -0.2) is 39.0 Å². The van der Waals surface area contributed by atoms with Crippen LogP contribution in [0.1, 0.15) is 32.6 Å². The van der Waals surface area contributed by atoms with E-state index in [4.69, 9.17) is 5.26 Å². The van der Waals surface area contributed by atoms with Gasteiger partial charge in [0.05, 0.1) is 12.6 Å². The van der Waals surface area contributed by atoms with Gasteiger partial charge >= 0.3 is 0 Å². The van der Waals surface area contributed by atoms with E-state index < -0.39 is 0 Å². The molecule has 1 aromatic heterocycles. The van der Waals surface area contributed by atoms with Gasteiger partial charge in [-0.25, -0.2) is 4.68 Å². The molecule has 0 radical (unpaired) electrons. The molecule has 1 aromatic rings. The van der Waals surface area contributed by atoms with Gasteiger partial charge in [0.2, 0.25) is 5.16 Å². The summed E-state index contributed by atoms with van der Waals surface area (Å²) < 4.78 is 1.83. The lowest BCUT2D eigenvalue weighted by atomic mass is 10.3. The second-order valence-corrected chi connectivity index (χ2v) is 4.96. The Morgan fingerprint density at radius 3 is 3.06 bits per heavy atom. The maximum Gasteiger partial charge on any atom is 0.209 e. The van der Waals surface area contributed by atoms with Gasteiger partial charge in [-0.1, -0.05) is 18.7 Å². The third-order valence-electron chi connectivity index (χ3n) is 2.34. The first-order valence-electron chi connectivity index (χ1n) is 6.35. The molecular formula is C11H20N6S. The Hall–Kier alpha value is -1.13. The summed E-state index contributed by atoms with van der Waals surface area (Å²) in [5.74, 6) is 0.963. The summed E-state index contributed by atoms with van der Waals surface area (Å²) in [5, 5.41) is 24.3. The van der Waals surface area contributed by atoms with Gasteiger partial charge in [0, 0.05) is 18.7 Å². The Bertz CT molecular complexity index is 359. The van der Waals surface area contributed by atoms with Crippen molar-refractivity contribution >= 4 is 11.8 Å². The third kappa shape index (κ3) is 5.98. The summed E-state index contributed by atoms with van der Waals surface area (Å²) in [5.41, 5.74) is 0. The molecule has 0 atom stereocenters. The number of nitrogens with one attached hydrogen (secondary N) is 1. The molecule has 0 saturated heterocycles. The molecule has 0 aromatic carbocycles. The number of nitriles is 1. The van der Waals surface area contributed by atoms with Crippen LogP contribution in [-0.2, 0) is 6.54 Å². The minimum atomic E-state index is 0.631. The van der Waals surface area contributed by atoms with Crippen molar-refractivity contribution in [3.8, 4) is 6.07 Å². The predicted octanol–water partition coefficient (Wildman–Crippen LogP) is 1.46. The van der Waals surface area contributed by atoms with Crippen LogP contribution < -0.4 is 5.32 Å². The summed E-state index contributed by atoms with van der Waals surface area (Å²) in [7, 11) is 0. The van der Waals surface area contributed by atoms with E-state index >= 15 is 0 Å². The number of hydrogen-bond acceptors (Lipinski definition) is 6. The van der Waals surface area contributed by atoms with Crippen LogP contribution in [0.4, 0.5) is 0 Å². The van der Waals surface area contributed by atoms with Gasteiger partial charge in [0.25, 0.3) is 0 Å². The Morgan fingerprint density at radius 1 is 1.39 bits per heavy atom. The molecule has 7 heteroatoms. The maximum absolute atomic E-state index is 8.43. The average molecular weight is 268 g/mol. The number of unbranched alkanes of at least 4 members (excludes halogenated alkanes) is 2. The fraction of sp³-hybridized carbons (Fsp3) is 0.818. The number of aromatic nitrogens is 4. The van der Waals surface area contributed by atoms with Crippen molar-refractivity contribution in [2.45, 2.75) is 44.3 Å². The zero-order chi connectivity index (χ0) is 13.1. The first-order chi connectivity index (χ1) is 8.88. The predicted molar refractivity (Wildman–Crippen MR) is 71.2 cm³/mol. The Morgan fingerprint density at radius 2 is 2.28 bits per heavy atom. The third-order valence-corrected chi connectivity index (χ3v) is 3.38. The lowest BCUT2D eigenvalue weighted by molar-refractivity contribution is 0.510. The Kier molecular flexibility index (Phi) is 8.17. The monoisotopic (exact) mass is 268 g/mol. The summed E-state index contributed by atoms with van der Waals surface area (Å²) in [6, 6.07) is 2.15. The molecule has 1 rings (SSSR count). The standard InChI is InChI=1S/C11H20N6S/c1-2-7-13-8-9-17-11(14-15-16-17)18-10-5-3-4-6-12/h13H,2-5,7-10H2,1H3. The van der Waals surface area contributed by atoms with E-state index in [0.29, 0.717) is 6.42 Å². The normalized spacial score (nSPS) is 10.4. The minimum absolute atomic E-state index is 0.631. The van der Waals surface area contributed by atoms with Crippen LogP contribution in [0.25, 0.3) is 0 Å². The van der Waals surface area contributed by atoms with Gasteiger partial charge in [0.1, 0.15) is 0 Å². The van der Waals surface area contributed by atoms with E-state index in [-0.39, 0.29) is 0 Å². The maximum atomic E-state index is 8.43. The summed E-state index contributed by atoms with van der Waals surface area (Å²) >= 11 is 1.66. The Balaban J connectivity index is 2.20. The molecule has 0 bridgehead atoms. The van der Waals surface area contributed by atoms with Crippen molar-refractivity contribution in [1.29, 1.82) is 5.26 Å². The molecule has 1 N–H and O–H groups in total. The van der Waals surface area contributed by atoms with Crippen molar-refractivity contribution in [3.63, 3.8) is 0 Å². The zero-order valence-corrected chi connectivity index (χ0v) is 11.6. The molecule has 0 amide bonds. The fourth-order valence-corrected chi connectivity index (χ4v) is 2.30. The fourth-order valence-electron chi connectivity index (χ4n) is 1.40. The van der Waals surface area contributed by atoms with Gasteiger partial charge in [0.15, 0.2) is 0 Å². The van der Waals surface area contributed by atoms with Crippen molar-refractivity contribution in [2.24, 2.45) is 0 Å². The van der Waals surface area contributed by atoms with Crippen molar-refractivity contribution in [1.82, 2.24) is 25.5 Å². The summed E-state index contributed by atoms with van der Waals surface area (Å²) in [4.78, 5) is 0. The SMILES string of the molecule is CCCNCCn1nnnc1SCCCCC#N. The molecule has 0 aliphatic rings. The highest BCUT2D eigenvalue weighted by atomic mass is 32.2. The van der Waals surface area contributed by atoms with Crippen molar-refractivity contribution < 1.29 is 0 Å². The highest BCUT2D eigenvalue weighted by Gasteiger charge is 2.05. The van der Waals surface area contributed by atoms with Crippen LogP contribution in [0.5, 0.6) is 0 Å². The number of nitrogens with zero attached hydrogens (tertiary/aromatic N) is 5. The van der Waals surface area contributed by atoms with Crippen molar-refractivity contribution in [2.75, 3.05) is 18.8 Å². The van der Waals surface area contributed by atoms with E-state index in [1.54, 1.807) is 11.8 Å². The first-order valence-corrected chi connectivity index (χ1v) is 7.33. The van der Waals surface area contributed by atoms with Crippen LogP contribution in [0, 0.1) is 11.3 Å². The average Bonchev–Trinajstić information content (AvgIpc) is 2.82. The highest BCUT2D eigenvalue weighted by Crippen LogP contribution is 2.15. The van der Waals surface area contributed by atoms with Crippen LogP contribution in [0.15, 0.2) is 5.16 Å². The molecule has 0 fully saturated rings. The largest absolute Gasteiger partial charge is 0.315 e. The summed E-state index contributed by atoms with van der Waals surface area (Å²) in [6.07, 6.45) is 3.74. The number of hydrogen-bond donors (Lipinski definition) is 1. The molecular weight excluding hydrogens is 248 g/mol. The van der Waals surface area contributed by atoms with Crippen LogP contribution in [0.3, 0.4) is 0 Å². The van der Waals surface area contributed by atoms with E-state index in [1.165, 1.54) is 0 Å². The molecule has 6 nitrogen and oxygen atoms in total. The van der Waals surface area contributed by atoms with Gasteiger partial charge in [-0.2, -0.15) is 5.26 Å².